The highest BCUT2D eigenvalue weighted by molar-refractivity contribution is 5.87. The van der Waals surface area contributed by atoms with E-state index in [1.54, 1.807) is 12.4 Å². The summed E-state index contributed by atoms with van der Waals surface area (Å²) in [7, 11) is 1.95. The highest BCUT2D eigenvalue weighted by atomic mass is 19.4. The van der Waals surface area contributed by atoms with E-state index in [0.717, 1.165) is 70.2 Å². The molecule has 0 saturated carbocycles. The fourth-order valence-corrected chi connectivity index (χ4v) is 5.73. The standard InChI is InChI=1S/C22H28N6O.2C2HF3O2/c1-26-12-8-22(19(26)29)17-28(20-24-10-4-11-25-20)16-21(22)6-13-27(14-7-21)15-18-5-2-3-9-23-18;2*3-2(4,5)1(6)7/h2-5,9-11H,6-8,12-17H2,1H3;2*(H,6,7). The number of aromatic nitrogens is 3. The Balaban J connectivity index is 0.000000303. The van der Waals surface area contributed by atoms with E-state index in [4.69, 9.17) is 19.8 Å². The fourth-order valence-electron chi connectivity index (χ4n) is 5.73. The van der Waals surface area contributed by atoms with Gasteiger partial charge in [-0.2, -0.15) is 26.3 Å². The Hall–Kier alpha value is -4.02. The van der Waals surface area contributed by atoms with Gasteiger partial charge in [0.15, 0.2) is 0 Å². The van der Waals surface area contributed by atoms with Crippen LogP contribution in [-0.2, 0) is 20.9 Å². The van der Waals surface area contributed by atoms with Gasteiger partial charge in [0.2, 0.25) is 11.9 Å². The number of piperidine rings is 1. The number of carbonyl (C=O) groups is 3. The largest absolute Gasteiger partial charge is 0.490 e. The Morgan fingerprint density at radius 3 is 1.81 bits per heavy atom. The van der Waals surface area contributed by atoms with Gasteiger partial charge < -0.3 is 20.0 Å². The number of aliphatic carboxylic acids is 2. The number of amides is 1. The molecule has 0 radical (unpaired) electrons. The van der Waals surface area contributed by atoms with Gasteiger partial charge in [-0.1, -0.05) is 6.07 Å². The van der Waals surface area contributed by atoms with Gasteiger partial charge in [-0.05, 0) is 50.6 Å². The maximum atomic E-state index is 13.4. The lowest BCUT2D eigenvalue weighted by atomic mass is 9.60. The second-order valence-electron chi connectivity index (χ2n) is 10.4. The Morgan fingerprint density at radius 1 is 0.837 bits per heavy atom. The van der Waals surface area contributed by atoms with Crippen LogP contribution in [0.2, 0.25) is 0 Å². The van der Waals surface area contributed by atoms with Gasteiger partial charge in [0.05, 0.1) is 11.1 Å². The molecule has 3 aliphatic heterocycles. The molecular formula is C26H30F6N6O5. The van der Waals surface area contributed by atoms with E-state index < -0.39 is 24.3 Å². The minimum absolute atomic E-state index is 0.00530. The predicted octanol–water partition coefficient (Wildman–Crippen LogP) is 3.09. The number of carboxylic acid groups (broad SMARTS) is 2. The van der Waals surface area contributed by atoms with Gasteiger partial charge >= 0.3 is 24.3 Å². The third-order valence-electron chi connectivity index (χ3n) is 7.84. The van der Waals surface area contributed by atoms with Gasteiger partial charge in [0, 0.05) is 57.2 Å². The van der Waals surface area contributed by atoms with Gasteiger partial charge in [0.25, 0.3) is 0 Å². The van der Waals surface area contributed by atoms with Crippen LogP contribution < -0.4 is 4.90 Å². The van der Waals surface area contributed by atoms with E-state index in [1.165, 1.54) is 0 Å². The molecule has 3 aliphatic rings. The molecule has 236 valence electrons. The van der Waals surface area contributed by atoms with Crippen LogP contribution in [0.15, 0.2) is 42.9 Å². The number of carbonyl (C=O) groups excluding carboxylic acids is 1. The number of alkyl halides is 6. The van der Waals surface area contributed by atoms with Crippen molar-refractivity contribution in [1.82, 2.24) is 24.8 Å². The second-order valence-corrected chi connectivity index (χ2v) is 10.4. The van der Waals surface area contributed by atoms with Crippen molar-refractivity contribution in [2.45, 2.75) is 38.2 Å². The minimum Gasteiger partial charge on any atom is -0.475 e. The number of halogens is 6. The average molecular weight is 621 g/mol. The predicted molar refractivity (Wildman–Crippen MR) is 137 cm³/mol. The van der Waals surface area contributed by atoms with Crippen molar-refractivity contribution in [3.63, 3.8) is 0 Å². The first-order chi connectivity index (χ1) is 20.0. The third kappa shape index (κ3) is 7.88. The molecule has 0 aliphatic carbocycles. The zero-order chi connectivity index (χ0) is 32.1. The average Bonchev–Trinajstić information content (AvgIpc) is 3.43. The topological polar surface area (TPSA) is 140 Å². The number of anilines is 1. The summed E-state index contributed by atoms with van der Waals surface area (Å²) in [6, 6.07) is 7.94. The summed E-state index contributed by atoms with van der Waals surface area (Å²) >= 11 is 0. The van der Waals surface area contributed by atoms with Crippen LogP contribution in [0.4, 0.5) is 32.3 Å². The minimum atomic E-state index is -5.08. The molecule has 17 heteroatoms. The highest BCUT2D eigenvalue weighted by Crippen LogP contribution is 2.58. The van der Waals surface area contributed by atoms with Crippen LogP contribution in [0.25, 0.3) is 0 Å². The lowest BCUT2D eigenvalue weighted by Crippen LogP contribution is -2.52. The summed E-state index contributed by atoms with van der Waals surface area (Å²) < 4.78 is 63.5. The Bertz CT molecular complexity index is 1230. The summed E-state index contributed by atoms with van der Waals surface area (Å²) in [4.78, 5) is 51.3. The summed E-state index contributed by atoms with van der Waals surface area (Å²) in [5.41, 5.74) is 0.799. The Labute approximate surface area is 242 Å². The molecule has 5 rings (SSSR count). The van der Waals surface area contributed by atoms with Crippen LogP contribution >= 0.6 is 0 Å². The van der Waals surface area contributed by atoms with Crippen LogP contribution in [0.1, 0.15) is 25.0 Å². The summed E-state index contributed by atoms with van der Waals surface area (Å²) in [5, 5.41) is 14.2. The monoisotopic (exact) mass is 620 g/mol. The molecule has 2 aromatic heterocycles. The van der Waals surface area contributed by atoms with E-state index >= 15 is 0 Å². The van der Waals surface area contributed by atoms with Gasteiger partial charge in [0.1, 0.15) is 0 Å². The van der Waals surface area contributed by atoms with Crippen molar-refractivity contribution in [3.05, 3.63) is 48.5 Å². The lowest BCUT2D eigenvalue weighted by Gasteiger charge is -2.46. The summed E-state index contributed by atoms with van der Waals surface area (Å²) in [5.74, 6) is -4.45. The molecule has 1 atom stereocenters. The van der Waals surface area contributed by atoms with Gasteiger partial charge in [-0.3, -0.25) is 14.7 Å². The Kier molecular flexibility index (Phi) is 10.2. The summed E-state index contributed by atoms with van der Waals surface area (Å²) in [6.07, 6.45) is -1.73. The zero-order valence-corrected chi connectivity index (χ0v) is 23.0. The van der Waals surface area contributed by atoms with E-state index in [1.807, 2.05) is 36.3 Å². The first-order valence-corrected chi connectivity index (χ1v) is 13.0. The number of hydrogen-bond donors (Lipinski definition) is 2. The van der Waals surface area contributed by atoms with Crippen molar-refractivity contribution < 1.29 is 50.9 Å². The molecule has 11 nitrogen and oxygen atoms in total. The molecule has 2 spiro atoms. The smallest absolute Gasteiger partial charge is 0.475 e. The highest BCUT2D eigenvalue weighted by Gasteiger charge is 2.65. The first-order valence-electron chi connectivity index (χ1n) is 13.0. The van der Waals surface area contributed by atoms with Crippen molar-refractivity contribution in [2.24, 2.45) is 10.8 Å². The number of fused-ring (bicyclic) bond motifs is 1. The molecule has 0 bridgehead atoms. The SMILES string of the molecule is CN1CCC2(CN(c3ncccn3)CC23CCN(Cc2ccccn2)CC3)C1=O.O=C(O)C(F)(F)F.O=C(O)C(F)(F)F. The van der Waals surface area contributed by atoms with Crippen molar-refractivity contribution in [3.8, 4) is 0 Å². The quantitative estimate of drug-likeness (QED) is 0.492. The van der Waals surface area contributed by atoms with Crippen LogP contribution in [-0.4, -0.2) is 105 Å². The van der Waals surface area contributed by atoms with Gasteiger partial charge in [-0.25, -0.2) is 19.6 Å². The zero-order valence-electron chi connectivity index (χ0n) is 23.0. The maximum absolute atomic E-state index is 13.4. The van der Waals surface area contributed by atoms with E-state index in [9.17, 15) is 31.1 Å². The van der Waals surface area contributed by atoms with Crippen molar-refractivity contribution in [2.75, 3.05) is 44.7 Å². The number of pyridine rings is 1. The van der Waals surface area contributed by atoms with Crippen molar-refractivity contribution >= 4 is 23.8 Å². The number of nitrogens with zero attached hydrogens (tertiary/aromatic N) is 6. The number of likely N-dealkylation sites (tertiary alicyclic amines) is 2. The molecule has 2 N–H and O–H groups in total. The van der Waals surface area contributed by atoms with Crippen LogP contribution in [0.3, 0.4) is 0 Å². The second kappa shape index (κ2) is 13.1. The Morgan fingerprint density at radius 2 is 1.37 bits per heavy atom. The number of rotatable bonds is 3. The molecule has 0 aromatic carbocycles. The molecular weight excluding hydrogens is 590 g/mol. The molecule has 1 unspecified atom stereocenters. The maximum Gasteiger partial charge on any atom is 0.490 e. The fraction of sp³-hybridized carbons (Fsp3) is 0.538. The molecule has 3 fully saturated rings. The van der Waals surface area contributed by atoms with E-state index in [2.05, 4.69) is 30.8 Å². The summed E-state index contributed by atoms with van der Waals surface area (Å²) in [6.45, 7) is 5.33. The molecule has 3 saturated heterocycles. The normalized spacial score (nSPS) is 21.7. The van der Waals surface area contributed by atoms with Crippen LogP contribution in [0, 0.1) is 10.8 Å². The van der Waals surface area contributed by atoms with E-state index in [0.29, 0.717) is 5.91 Å². The number of hydrogen-bond acceptors (Lipinski definition) is 8. The third-order valence-corrected chi connectivity index (χ3v) is 7.84. The lowest BCUT2D eigenvalue weighted by molar-refractivity contribution is -0.193. The molecule has 2 aromatic rings. The van der Waals surface area contributed by atoms with Crippen molar-refractivity contribution in [1.29, 1.82) is 0 Å². The molecule has 1 amide bonds. The first kappa shape index (κ1) is 33.5. The molecule has 43 heavy (non-hydrogen) atoms. The van der Waals surface area contributed by atoms with E-state index in [-0.39, 0.29) is 10.8 Å². The number of carboxylic acids is 2. The van der Waals surface area contributed by atoms with Gasteiger partial charge in [-0.15, -0.1) is 0 Å². The van der Waals surface area contributed by atoms with Crippen LogP contribution in [0.5, 0.6) is 0 Å². The molecule has 5 heterocycles.